The number of pyridine rings is 1. The van der Waals surface area contributed by atoms with E-state index >= 15 is 0 Å². The maximum atomic E-state index is 13.0. The van der Waals surface area contributed by atoms with Gasteiger partial charge in [0, 0.05) is 18.0 Å². The topological polar surface area (TPSA) is 51.2 Å². The van der Waals surface area contributed by atoms with Crippen molar-refractivity contribution in [1.82, 2.24) is 10.3 Å². The molecule has 4 aromatic rings. The minimum Gasteiger partial charge on any atom is -0.457 e. The second kappa shape index (κ2) is 8.85. The van der Waals surface area contributed by atoms with Gasteiger partial charge in [-0.1, -0.05) is 54.6 Å². The number of hydrogen-bond donors (Lipinski definition) is 1. The number of para-hydroxylation sites is 1. The Bertz CT molecular complexity index is 1030. The quantitative estimate of drug-likeness (QED) is 0.488. The summed E-state index contributed by atoms with van der Waals surface area (Å²) in [7, 11) is 0. The highest BCUT2D eigenvalue weighted by molar-refractivity contribution is 5.95. The van der Waals surface area contributed by atoms with Gasteiger partial charge >= 0.3 is 0 Å². The number of benzene rings is 3. The molecule has 29 heavy (non-hydrogen) atoms. The van der Waals surface area contributed by atoms with Gasteiger partial charge in [-0.25, -0.2) is 0 Å². The highest BCUT2D eigenvalue weighted by Gasteiger charge is 2.18. The third-order valence-electron chi connectivity index (χ3n) is 4.52. The highest BCUT2D eigenvalue weighted by atomic mass is 16.5. The molecule has 0 saturated carbocycles. The lowest BCUT2D eigenvalue weighted by Gasteiger charge is -2.20. The van der Waals surface area contributed by atoms with Crippen LogP contribution in [0, 0.1) is 0 Å². The molecule has 1 atom stereocenters. The summed E-state index contributed by atoms with van der Waals surface area (Å²) < 4.78 is 5.86. The summed E-state index contributed by atoms with van der Waals surface area (Å²) in [5, 5.41) is 3.13. The summed E-state index contributed by atoms with van der Waals surface area (Å²) in [6.45, 7) is 0. The number of ether oxygens (including phenoxy) is 1. The number of hydrogen-bond acceptors (Lipinski definition) is 3. The van der Waals surface area contributed by atoms with E-state index in [2.05, 4.69) is 10.3 Å². The lowest BCUT2D eigenvalue weighted by atomic mass is 9.99. The number of nitrogens with one attached hydrogen (secondary N) is 1. The number of nitrogens with zero attached hydrogens (tertiary/aromatic N) is 1. The van der Waals surface area contributed by atoms with Crippen LogP contribution < -0.4 is 10.1 Å². The molecule has 0 aliphatic rings. The molecule has 1 heterocycles. The standard InChI is InChI=1S/C25H20N2O2/c28-25(21-10-7-13-23(18-21)29-22-11-5-2-6-12-22)27-24(19-8-3-1-4-9-19)20-14-16-26-17-15-20/h1-18,24H,(H,27,28)/t24-/m0/s1. The smallest absolute Gasteiger partial charge is 0.252 e. The summed E-state index contributed by atoms with van der Waals surface area (Å²) in [5.74, 6) is 1.17. The first-order valence-electron chi connectivity index (χ1n) is 9.38. The van der Waals surface area contributed by atoms with Crippen molar-refractivity contribution in [2.45, 2.75) is 6.04 Å². The van der Waals surface area contributed by atoms with Crippen molar-refractivity contribution in [2.24, 2.45) is 0 Å². The fraction of sp³-hybridized carbons (Fsp3) is 0.0400. The van der Waals surface area contributed by atoms with Gasteiger partial charge in [0.05, 0.1) is 6.04 Å². The predicted molar refractivity (Wildman–Crippen MR) is 113 cm³/mol. The Labute approximate surface area is 169 Å². The van der Waals surface area contributed by atoms with E-state index in [0.29, 0.717) is 11.3 Å². The lowest BCUT2D eigenvalue weighted by molar-refractivity contribution is 0.0942. The number of carbonyl (C=O) groups excluding carboxylic acids is 1. The Morgan fingerprint density at radius 2 is 1.34 bits per heavy atom. The van der Waals surface area contributed by atoms with Gasteiger partial charge in [-0.3, -0.25) is 9.78 Å². The first-order valence-corrected chi connectivity index (χ1v) is 9.38. The molecular formula is C25H20N2O2. The monoisotopic (exact) mass is 380 g/mol. The van der Waals surface area contributed by atoms with E-state index in [1.54, 1.807) is 24.5 Å². The van der Waals surface area contributed by atoms with Gasteiger partial charge < -0.3 is 10.1 Å². The lowest BCUT2D eigenvalue weighted by Crippen LogP contribution is -2.29. The molecule has 0 aliphatic heterocycles. The molecule has 0 radical (unpaired) electrons. The van der Waals surface area contributed by atoms with Crippen LogP contribution in [0.3, 0.4) is 0 Å². The van der Waals surface area contributed by atoms with Crippen molar-refractivity contribution in [3.8, 4) is 11.5 Å². The number of rotatable bonds is 6. The van der Waals surface area contributed by atoms with Gasteiger partial charge in [-0.2, -0.15) is 0 Å². The van der Waals surface area contributed by atoms with Gasteiger partial charge in [0.1, 0.15) is 11.5 Å². The molecule has 1 aromatic heterocycles. The van der Waals surface area contributed by atoms with Gasteiger partial charge in [0.15, 0.2) is 0 Å². The van der Waals surface area contributed by atoms with Crippen molar-refractivity contribution in [3.05, 3.63) is 126 Å². The van der Waals surface area contributed by atoms with Gasteiger partial charge in [-0.05, 0) is 53.6 Å². The third-order valence-corrected chi connectivity index (χ3v) is 4.52. The largest absolute Gasteiger partial charge is 0.457 e. The molecule has 0 saturated heterocycles. The zero-order chi connectivity index (χ0) is 19.9. The van der Waals surface area contributed by atoms with E-state index in [4.69, 9.17) is 4.74 Å². The molecule has 1 amide bonds. The van der Waals surface area contributed by atoms with Crippen molar-refractivity contribution in [2.75, 3.05) is 0 Å². The fourth-order valence-corrected chi connectivity index (χ4v) is 3.10. The predicted octanol–water partition coefficient (Wildman–Crippen LogP) is 5.39. The van der Waals surface area contributed by atoms with E-state index in [1.807, 2.05) is 84.9 Å². The van der Waals surface area contributed by atoms with Gasteiger partial charge in [0.25, 0.3) is 5.91 Å². The summed E-state index contributed by atoms with van der Waals surface area (Å²) in [5.41, 5.74) is 2.51. The van der Waals surface area contributed by atoms with Crippen LogP contribution in [-0.2, 0) is 0 Å². The highest BCUT2D eigenvalue weighted by Crippen LogP contribution is 2.24. The average molecular weight is 380 g/mol. The molecule has 142 valence electrons. The normalized spacial score (nSPS) is 11.4. The second-order valence-corrected chi connectivity index (χ2v) is 6.54. The minimum atomic E-state index is -0.273. The van der Waals surface area contributed by atoms with E-state index in [1.165, 1.54) is 0 Å². The summed E-state index contributed by atoms with van der Waals surface area (Å²) in [4.78, 5) is 17.1. The Morgan fingerprint density at radius 1 is 0.724 bits per heavy atom. The van der Waals surface area contributed by atoms with Crippen molar-refractivity contribution >= 4 is 5.91 Å². The van der Waals surface area contributed by atoms with E-state index in [-0.39, 0.29) is 11.9 Å². The zero-order valence-electron chi connectivity index (χ0n) is 15.7. The Kier molecular flexibility index (Phi) is 5.63. The van der Waals surface area contributed by atoms with Crippen molar-refractivity contribution < 1.29 is 9.53 Å². The van der Waals surface area contributed by atoms with Crippen LogP contribution in [-0.4, -0.2) is 10.9 Å². The molecular weight excluding hydrogens is 360 g/mol. The molecule has 0 aliphatic carbocycles. The minimum absolute atomic E-state index is 0.172. The zero-order valence-corrected chi connectivity index (χ0v) is 15.7. The van der Waals surface area contributed by atoms with Crippen molar-refractivity contribution in [1.29, 1.82) is 0 Å². The summed E-state index contributed by atoms with van der Waals surface area (Å²) in [6, 6.07) is 30.1. The van der Waals surface area contributed by atoms with Crippen LogP contribution in [0.5, 0.6) is 11.5 Å². The SMILES string of the molecule is O=C(N[C@@H](c1ccccc1)c1ccncc1)c1cccc(Oc2ccccc2)c1. The van der Waals surface area contributed by atoms with Crippen LogP contribution in [0.15, 0.2) is 109 Å². The van der Waals surface area contributed by atoms with Gasteiger partial charge in [-0.15, -0.1) is 0 Å². The fourth-order valence-electron chi connectivity index (χ4n) is 3.10. The molecule has 4 rings (SSSR count). The van der Waals surface area contributed by atoms with Crippen LogP contribution in [0.25, 0.3) is 0 Å². The number of aromatic nitrogens is 1. The molecule has 4 nitrogen and oxygen atoms in total. The Balaban J connectivity index is 1.57. The van der Waals surface area contributed by atoms with Crippen LogP contribution in [0.2, 0.25) is 0 Å². The molecule has 4 heteroatoms. The second-order valence-electron chi connectivity index (χ2n) is 6.54. The average Bonchev–Trinajstić information content (AvgIpc) is 2.79. The van der Waals surface area contributed by atoms with E-state index in [9.17, 15) is 4.79 Å². The molecule has 0 bridgehead atoms. The summed E-state index contributed by atoms with van der Waals surface area (Å²) in [6.07, 6.45) is 3.46. The first kappa shape index (κ1) is 18.4. The van der Waals surface area contributed by atoms with Crippen LogP contribution in [0.1, 0.15) is 27.5 Å². The molecule has 3 aromatic carbocycles. The van der Waals surface area contributed by atoms with Crippen LogP contribution >= 0.6 is 0 Å². The number of carbonyl (C=O) groups is 1. The Hall–Kier alpha value is -3.92. The van der Waals surface area contributed by atoms with Gasteiger partial charge in [0.2, 0.25) is 0 Å². The third kappa shape index (κ3) is 4.68. The Morgan fingerprint density at radius 3 is 2.07 bits per heavy atom. The molecule has 0 unspecified atom stereocenters. The molecule has 0 fully saturated rings. The van der Waals surface area contributed by atoms with Crippen LogP contribution in [0.4, 0.5) is 0 Å². The maximum Gasteiger partial charge on any atom is 0.252 e. The maximum absolute atomic E-state index is 13.0. The molecule has 0 spiro atoms. The van der Waals surface area contributed by atoms with Crippen molar-refractivity contribution in [3.63, 3.8) is 0 Å². The molecule has 1 N–H and O–H groups in total. The summed E-state index contributed by atoms with van der Waals surface area (Å²) >= 11 is 0. The van der Waals surface area contributed by atoms with E-state index in [0.717, 1.165) is 16.9 Å². The number of amides is 1. The van der Waals surface area contributed by atoms with E-state index < -0.39 is 0 Å². The first-order chi connectivity index (χ1) is 14.3.